The van der Waals surface area contributed by atoms with E-state index in [2.05, 4.69) is 11.8 Å². The minimum atomic E-state index is -0.512. The van der Waals surface area contributed by atoms with Gasteiger partial charge in [-0.3, -0.25) is 4.90 Å². The number of rotatable bonds is 5. The Balaban J connectivity index is 1.81. The molecule has 0 radical (unpaired) electrons. The molecule has 1 saturated heterocycles. The molecule has 3 nitrogen and oxygen atoms in total. The van der Waals surface area contributed by atoms with Gasteiger partial charge in [0.25, 0.3) is 0 Å². The van der Waals surface area contributed by atoms with Gasteiger partial charge in [-0.1, -0.05) is 29.6 Å². The van der Waals surface area contributed by atoms with Crippen molar-refractivity contribution >= 4 is 23.2 Å². The molecule has 1 heterocycles. The van der Waals surface area contributed by atoms with Crippen LogP contribution in [0.2, 0.25) is 10.0 Å². The van der Waals surface area contributed by atoms with Crippen LogP contribution in [0.1, 0.15) is 26.2 Å². The number of aliphatic hydroxyl groups excluding tert-OH is 1. The maximum Gasteiger partial charge on any atom is 0.138 e. The summed E-state index contributed by atoms with van der Waals surface area (Å²) in [5.41, 5.74) is 0. The van der Waals surface area contributed by atoms with Crippen molar-refractivity contribution < 1.29 is 9.84 Å². The zero-order valence-corrected chi connectivity index (χ0v) is 13.2. The molecule has 0 saturated carbocycles. The molecule has 1 N–H and O–H groups in total. The maximum atomic E-state index is 10.1. The summed E-state index contributed by atoms with van der Waals surface area (Å²) in [4.78, 5) is 2.32. The van der Waals surface area contributed by atoms with Crippen molar-refractivity contribution in [3.05, 3.63) is 28.2 Å². The molecular formula is C15H21Cl2NO2. The molecule has 0 aliphatic carbocycles. The van der Waals surface area contributed by atoms with Gasteiger partial charge in [-0.05, 0) is 44.5 Å². The molecule has 112 valence electrons. The fourth-order valence-electron chi connectivity index (χ4n) is 2.53. The number of β-amino-alcohol motifs (C(OH)–C–C–N with tert-alkyl or cyclic N) is 1. The van der Waals surface area contributed by atoms with Crippen LogP contribution in [-0.2, 0) is 0 Å². The van der Waals surface area contributed by atoms with E-state index in [-0.39, 0.29) is 6.61 Å². The first-order valence-electron chi connectivity index (χ1n) is 7.06. The first-order chi connectivity index (χ1) is 9.56. The third kappa shape index (κ3) is 4.52. The molecule has 2 atom stereocenters. The monoisotopic (exact) mass is 317 g/mol. The first-order valence-corrected chi connectivity index (χ1v) is 7.82. The molecular weight excluding hydrogens is 297 g/mol. The zero-order valence-electron chi connectivity index (χ0n) is 11.7. The molecule has 1 aromatic carbocycles. The summed E-state index contributed by atoms with van der Waals surface area (Å²) >= 11 is 11.9. The number of nitrogens with zero attached hydrogens (tertiary/aromatic N) is 1. The number of ether oxygens (including phenoxy) is 1. The third-order valence-electron chi connectivity index (χ3n) is 3.71. The summed E-state index contributed by atoms with van der Waals surface area (Å²) in [6, 6.07) is 5.62. The molecule has 0 aromatic heterocycles. The highest BCUT2D eigenvalue weighted by Crippen LogP contribution is 2.27. The summed E-state index contributed by atoms with van der Waals surface area (Å²) < 4.78 is 5.56. The maximum absolute atomic E-state index is 10.1. The van der Waals surface area contributed by atoms with Crippen molar-refractivity contribution in [3.63, 3.8) is 0 Å². The number of benzene rings is 1. The van der Waals surface area contributed by atoms with E-state index >= 15 is 0 Å². The van der Waals surface area contributed by atoms with Gasteiger partial charge in [0, 0.05) is 17.6 Å². The highest BCUT2D eigenvalue weighted by Gasteiger charge is 2.21. The Morgan fingerprint density at radius 3 is 2.90 bits per heavy atom. The SMILES string of the molecule is C[C@@H]1CCCCN1C[C@@H](O)COc1ccc(Cl)cc1Cl. The summed E-state index contributed by atoms with van der Waals surface area (Å²) in [5.74, 6) is 0.557. The van der Waals surface area contributed by atoms with E-state index in [9.17, 15) is 5.11 Å². The molecule has 0 spiro atoms. The Bertz CT molecular complexity index is 442. The van der Waals surface area contributed by atoms with Crippen LogP contribution in [0.25, 0.3) is 0 Å². The van der Waals surface area contributed by atoms with E-state index in [0.29, 0.717) is 28.4 Å². The van der Waals surface area contributed by atoms with Gasteiger partial charge in [-0.2, -0.15) is 0 Å². The minimum Gasteiger partial charge on any atom is -0.489 e. The van der Waals surface area contributed by atoms with Crippen molar-refractivity contribution in [2.75, 3.05) is 19.7 Å². The fourth-order valence-corrected chi connectivity index (χ4v) is 2.99. The third-order valence-corrected chi connectivity index (χ3v) is 4.24. The summed E-state index contributed by atoms with van der Waals surface area (Å²) in [7, 11) is 0. The second kappa shape index (κ2) is 7.51. The number of piperidine rings is 1. The van der Waals surface area contributed by atoms with Crippen LogP contribution in [0.4, 0.5) is 0 Å². The molecule has 5 heteroatoms. The van der Waals surface area contributed by atoms with E-state index in [0.717, 1.165) is 6.54 Å². The second-order valence-electron chi connectivity index (χ2n) is 5.38. The van der Waals surface area contributed by atoms with Crippen LogP contribution in [0, 0.1) is 0 Å². The van der Waals surface area contributed by atoms with Crippen molar-refractivity contribution in [2.24, 2.45) is 0 Å². The predicted molar refractivity (Wildman–Crippen MR) is 82.8 cm³/mol. The lowest BCUT2D eigenvalue weighted by Crippen LogP contribution is -2.43. The van der Waals surface area contributed by atoms with Gasteiger partial charge in [-0.25, -0.2) is 0 Å². The second-order valence-corrected chi connectivity index (χ2v) is 6.22. The van der Waals surface area contributed by atoms with E-state index < -0.39 is 6.10 Å². The Morgan fingerprint density at radius 1 is 1.40 bits per heavy atom. The van der Waals surface area contributed by atoms with Crippen LogP contribution >= 0.6 is 23.2 Å². The lowest BCUT2D eigenvalue weighted by Gasteiger charge is -2.34. The summed E-state index contributed by atoms with van der Waals surface area (Å²) in [5, 5.41) is 11.1. The zero-order chi connectivity index (χ0) is 14.5. The average molecular weight is 318 g/mol. The minimum absolute atomic E-state index is 0.241. The smallest absolute Gasteiger partial charge is 0.138 e. The quantitative estimate of drug-likeness (QED) is 0.900. The molecule has 20 heavy (non-hydrogen) atoms. The lowest BCUT2D eigenvalue weighted by molar-refractivity contribution is 0.0438. The number of aliphatic hydroxyl groups is 1. The van der Waals surface area contributed by atoms with Crippen LogP contribution in [-0.4, -0.2) is 41.8 Å². The molecule has 1 aliphatic rings. The van der Waals surface area contributed by atoms with Crippen LogP contribution in [0.15, 0.2) is 18.2 Å². The Kier molecular flexibility index (Phi) is 5.97. The predicted octanol–water partition coefficient (Wildman–Crippen LogP) is 3.61. The Morgan fingerprint density at radius 2 is 2.20 bits per heavy atom. The van der Waals surface area contributed by atoms with E-state index in [1.807, 2.05) is 0 Å². The van der Waals surface area contributed by atoms with Gasteiger partial charge in [-0.15, -0.1) is 0 Å². The molecule has 1 fully saturated rings. The average Bonchev–Trinajstić information content (AvgIpc) is 2.40. The van der Waals surface area contributed by atoms with E-state index in [1.165, 1.54) is 19.3 Å². The normalized spacial score (nSPS) is 21.7. The van der Waals surface area contributed by atoms with Crippen molar-refractivity contribution in [3.8, 4) is 5.75 Å². The number of hydrogen-bond donors (Lipinski definition) is 1. The lowest BCUT2D eigenvalue weighted by atomic mass is 10.0. The highest BCUT2D eigenvalue weighted by molar-refractivity contribution is 6.35. The molecule has 1 aromatic rings. The van der Waals surface area contributed by atoms with Crippen LogP contribution < -0.4 is 4.74 Å². The van der Waals surface area contributed by atoms with Crippen molar-refractivity contribution in [2.45, 2.75) is 38.3 Å². The number of likely N-dealkylation sites (tertiary alicyclic amines) is 1. The van der Waals surface area contributed by atoms with Gasteiger partial charge in [0.1, 0.15) is 18.5 Å². The standard InChI is InChI=1S/C15H21Cl2NO2/c1-11-4-2-3-7-18(11)9-13(19)10-20-15-6-5-12(16)8-14(15)17/h5-6,8,11,13,19H,2-4,7,9-10H2,1H3/t11-,13-/m1/s1. The number of hydrogen-bond acceptors (Lipinski definition) is 3. The van der Waals surface area contributed by atoms with Crippen LogP contribution in [0.3, 0.4) is 0 Å². The van der Waals surface area contributed by atoms with Gasteiger partial charge in [0.15, 0.2) is 0 Å². The van der Waals surface area contributed by atoms with Crippen LogP contribution in [0.5, 0.6) is 5.75 Å². The van der Waals surface area contributed by atoms with E-state index in [4.69, 9.17) is 27.9 Å². The molecule has 2 rings (SSSR count). The Hall–Kier alpha value is -0.480. The Labute approximate surface area is 130 Å². The van der Waals surface area contributed by atoms with Gasteiger partial charge in [0.05, 0.1) is 5.02 Å². The molecule has 1 aliphatic heterocycles. The fraction of sp³-hybridized carbons (Fsp3) is 0.600. The van der Waals surface area contributed by atoms with Crippen molar-refractivity contribution in [1.29, 1.82) is 0 Å². The molecule has 0 amide bonds. The molecule has 0 unspecified atom stereocenters. The molecule has 0 bridgehead atoms. The van der Waals surface area contributed by atoms with Crippen molar-refractivity contribution in [1.82, 2.24) is 4.90 Å². The van der Waals surface area contributed by atoms with E-state index in [1.54, 1.807) is 18.2 Å². The first kappa shape index (κ1) is 15.9. The summed E-state index contributed by atoms with van der Waals surface area (Å²) in [6.45, 7) is 4.15. The van der Waals surface area contributed by atoms with Gasteiger partial charge >= 0.3 is 0 Å². The number of halogens is 2. The topological polar surface area (TPSA) is 32.7 Å². The van der Waals surface area contributed by atoms with Gasteiger partial charge in [0.2, 0.25) is 0 Å². The largest absolute Gasteiger partial charge is 0.489 e. The highest BCUT2D eigenvalue weighted by atomic mass is 35.5. The van der Waals surface area contributed by atoms with Gasteiger partial charge < -0.3 is 9.84 Å². The summed E-state index contributed by atoms with van der Waals surface area (Å²) in [6.07, 6.45) is 3.18.